The number of hydrogen-bond donors (Lipinski definition) is 1. The number of nitrogens with one attached hydrogen (secondary N) is 1. The minimum absolute atomic E-state index is 0.117. The first kappa shape index (κ1) is 23.0. The quantitative estimate of drug-likeness (QED) is 0.394. The predicted molar refractivity (Wildman–Crippen MR) is 116 cm³/mol. The Kier molecular flexibility index (Phi) is 7.61. The predicted octanol–water partition coefficient (Wildman–Crippen LogP) is 2.90. The zero-order chi connectivity index (χ0) is 23.1. The van der Waals surface area contributed by atoms with Crippen molar-refractivity contribution in [2.24, 2.45) is 0 Å². The highest BCUT2D eigenvalue weighted by Gasteiger charge is 2.32. The van der Waals surface area contributed by atoms with Crippen LogP contribution < -0.4 is 10.2 Å². The van der Waals surface area contributed by atoms with Gasteiger partial charge in [0.2, 0.25) is 0 Å². The van der Waals surface area contributed by atoms with Gasteiger partial charge in [-0.2, -0.15) is 0 Å². The van der Waals surface area contributed by atoms with E-state index in [0.29, 0.717) is 25.2 Å². The molecule has 2 aromatic rings. The number of nitro benzene ring substituents is 1. The van der Waals surface area contributed by atoms with Gasteiger partial charge in [0.15, 0.2) is 0 Å². The Morgan fingerprint density at radius 2 is 1.94 bits per heavy atom. The van der Waals surface area contributed by atoms with Gasteiger partial charge in [0.05, 0.1) is 24.2 Å². The second kappa shape index (κ2) is 10.6. The van der Waals surface area contributed by atoms with Crippen LogP contribution in [0.25, 0.3) is 0 Å². The lowest BCUT2D eigenvalue weighted by Gasteiger charge is -2.39. The third kappa shape index (κ3) is 5.52. The topological polar surface area (TPSA) is 120 Å². The number of carbonyl (C=O) groups excluding carboxylic acids is 2. The highest BCUT2D eigenvalue weighted by atomic mass is 16.6. The minimum atomic E-state index is -0.778. The van der Waals surface area contributed by atoms with E-state index in [1.54, 1.807) is 13.2 Å². The summed E-state index contributed by atoms with van der Waals surface area (Å²) in [5.74, 6) is -0.778. The molecule has 1 saturated heterocycles. The number of amides is 1. The lowest BCUT2D eigenvalue weighted by molar-refractivity contribution is -0.385. The van der Waals surface area contributed by atoms with Crippen molar-refractivity contribution in [2.75, 3.05) is 32.2 Å². The van der Waals surface area contributed by atoms with Gasteiger partial charge in [-0.05, 0) is 24.1 Å². The van der Waals surface area contributed by atoms with Crippen molar-refractivity contribution >= 4 is 23.4 Å². The van der Waals surface area contributed by atoms with Crippen molar-refractivity contribution in [3.63, 3.8) is 0 Å². The Hall–Kier alpha value is -3.66. The van der Waals surface area contributed by atoms with E-state index in [9.17, 15) is 19.7 Å². The maximum atomic E-state index is 12.2. The summed E-state index contributed by atoms with van der Waals surface area (Å²) < 4.78 is 15.5. The van der Waals surface area contributed by atoms with Gasteiger partial charge in [-0.15, -0.1) is 0 Å². The van der Waals surface area contributed by atoms with E-state index in [0.717, 1.165) is 5.56 Å². The molecule has 2 aromatic carbocycles. The number of esters is 1. The molecule has 0 unspecified atom stereocenters. The molecule has 0 saturated carbocycles. The third-order valence-electron chi connectivity index (χ3n) is 5.33. The van der Waals surface area contributed by atoms with Crippen LogP contribution in [-0.2, 0) is 20.8 Å². The molecular formula is C22H25N3O7. The number of carbonyl (C=O) groups is 2. The molecule has 0 aromatic heterocycles. The summed E-state index contributed by atoms with van der Waals surface area (Å²) in [7, 11) is 2.72. The van der Waals surface area contributed by atoms with Crippen molar-refractivity contribution in [2.45, 2.75) is 25.2 Å². The first-order valence-electron chi connectivity index (χ1n) is 10.0. The molecule has 10 nitrogen and oxygen atoms in total. The van der Waals surface area contributed by atoms with Crippen molar-refractivity contribution in [1.29, 1.82) is 0 Å². The van der Waals surface area contributed by atoms with Crippen LogP contribution in [0.1, 0.15) is 22.3 Å². The van der Waals surface area contributed by atoms with Crippen LogP contribution in [0.2, 0.25) is 0 Å². The summed E-state index contributed by atoms with van der Waals surface area (Å²) in [4.78, 5) is 36.8. The summed E-state index contributed by atoms with van der Waals surface area (Å²) >= 11 is 0. The first-order chi connectivity index (χ1) is 15.4. The van der Waals surface area contributed by atoms with Gasteiger partial charge in [-0.1, -0.05) is 30.3 Å². The van der Waals surface area contributed by atoms with E-state index in [1.165, 1.54) is 19.2 Å². The molecule has 1 amide bonds. The molecule has 10 heteroatoms. The average molecular weight is 443 g/mol. The normalized spacial score (nSPS) is 18.0. The van der Waals surface area contributed by atoms with E-state index < -0.39 is 17.0 Å². The Morgan fingerprint density at radius 1 is 1.19 bits per heavy atom. The molecule has 170 valence electrons. The smallest absolute Gasteiger partial charge is 0.407 e. The Balaban J connectivity index is 1.64. The molecule has 0 bridgehead atoms. The summed E-state index contributed by atoms with van der Waals surface area (Å²) in [6.45, 7) is 1.13. The monoisotopic (exact) mass is 443 g/mol. The molecule has 1 fully saturated rings. The van der Waals surface area contributed by atoms with Crippen molar-refractivity contribution in [3.8, 4) is 0 Å². The molecular weight excluding hydrogens is 418 g/mol. The lowest BCUT2D eigenvalue weighted by atomic mass is 10.0. The van der Waals surface area contributed by atoms with Crippen LogP contribution in [0.15, 0.2) is 48.5 Å². The Labute approximate surface area is 185 Å². The molecule has 1 N–H and O–H groups in total. The number of anilines is 1. The fourth-order valence-corrected chi connectivity index (χ4v) is 3.62. The maximum absolute atomic E-state index is 12.2. The lowest BCUT2D eigenvalue weighted by Crippen LogP contribution is -2.55. The highest BCUT2D eigenvalue weighted by molar-refractivity contribution is 5.95. The van der Waals surface area contributed by atoms with Crippen LogP contribution in [0.4, 0.5) is 16.2 Å². The van der Waals surface area contributed by atoms with Crippen molar-refractivity contribution in [3.05, 3.63) is 69.8 Å². The second-order valence-electron chi connectivity index (χ2n) is 7.27. The van der Waals surface area contributed by atoms with E-state index in [2.05, 4.69) is 10.1 Å². The summed E-state index contributed by atoms with van der Waals surface area (Å²) in [6, 6.07) is 13.4. The van der Waals surface area contributed by atoms with Crippen LogP contribution >= 0.6 is 0 Å². The molecule has 1 heterocycles. The number of alkyl carbamates (subject to hydrolysis) is 1. The second-order valence-corrected chi connectivity index (χ2v) is 7.27. The van der Waals surface area contributed by atoms with Gasteiger partial charge in [0, 0.05) is 32.0 Å². The zero-order valence-electron chi connectivity index (χ0n) is 17.9. The van der Waals surface area contributed by atoms with Gasteiger partial charge in [-0.3, -0.25) is 10.1 Å². The third-order valence-corrected chi connectivity index (χ3v) is 5.33. The summed E-state index contributed by atoms with van der Waals surface area (Å²) in [5.41, 5.74) is 1.08. The van der Waals surface area contributed by atoms with Gasteiger partial charge < -0.3 is 24.4 Å². The van der Waals surface area contributed by atoms with E-state index in [-0.39, 0.29) is 30.0 Å². The molecule has 0 aliphatic carbocycles. The molecule has 1 aliphatic rings. The highest BCUT2D eigenvalue weighted by Crippen LogP contribution is 2.28. The van der Waals surface area contributed by atoms with Gasteiger partial charge in [0.1, 0.15) is 12.2 Å². The minimum Gasteiger partial charge on any atom is -0.465 e. The maximum Gasteiger partial charge on any atom is 0.407 e. The standard InChI is InChI=1S/C22H25N3O7/c1-30-20-13-24(16-8-9-19(25(28)29)17(12-16)21(26)31-2)11-10-18(20)23-22(27)32-14-15-6-4-3-5-7-15/h3-9,12,18,20H,10-11,13-14H2,1-2H3,(H,23,27)/t18-,20+/m1/s1. The van der Waals surface area contributed by atoms with Crippen LogP contribution in [0.5, 0.6) is 0 Å². The fourth-order valence-electron chi connectivity index (χ4n) is 3.62. The average Bonchev–Trinajstić information content (AvgIpc) is 2.82. The van der Waals surface area contributed by atoms with Gasteiger partial charge in [0.25, 0.3) is 5.69 Å². The number of nitrogens with zero attached hydrogens (tertiary/aromatic N) is 2. The molecule has 2 atom stereocenters. The van der Waals surface area contributed by atoms with E-state index >= 15 is 0 Å². The largest absolute Gasteiger partial charge is 0.465 e. The number of benzene rings is 2. The summed E-state index contributed by atoms with van der Waals surface area (Å²) in [6.07, 6.45) is -0.314. The van der Waals surface area contributed by atoms with Crippen molar-refractivity contribution in [1.82, 2.24) is 5.32 Å². The molecule has 3 rings (SSSR count). The number of rotatable bonds is 7. The number of piperidine rings is 1. The SMILES string of the molecule is COC(=O)c1cc(N2CC[C@@H](NC(=O)OCc3ccccc3)[C@@H](OC)C2)ccc1[N+](=O)[O-]. The first-order valence-corrected chi connectivity index (χ1v) is 10.0. The Morgan fingerprint density at radius 3 is 2.59 bits per heavy atom. The molecule has 1 aliphatic heterocycles. The molecule has 0 radical (unpaired) electrons. The zero-order valence-corrected chi connectivity index (χ0v) is 17.9. The Bertz CT molecular complexity index is 967. The van der Waals surface area contributed by atoms with Crippen LogP contribution in [-0.4, -0.2) is 56.4 Å². The van der Waals surface area contributed by atoms with Crippen LogP contribution in [0.3, 0.4) is 0 Å². The van der Waals surface area contributed by atoms with Gasteiger partial charge in [-0.25, -0.2) is 9.59 Å². The number of nitro groups is 1. The fraction of sp³-hybridized carbons (Fsp3) is 0.364. The van der Waals surface area contributed by atoms with Crippen molar-refractivity contribution < 1.29 is 28.7 Å². The van der Waals surface area contributed by atoms with Gasteiger partial charge >= 0.3 is 12.1 Å². The molecule has 32 heavy (non-hydrogen) atoms. The van der Waals surface area contributed by atoms with E-state index in [4.69, 9.17) is 9.47 Å². The summed E-state index contributed by atoms with van der Waals surface area (Å²) in [5, 5.41) is 14.1. The number of hydrogen-bond acceptors (Lipinski definition) is 8. The number of methoxy groups -OCH3 is 2. The molecule has 0 spiro atoms. The van der Waals surface area contributed by atoms with Crippen LogP contribution in [0, 0.1) is 10.1 Å². The number of ether oxygens (including phenoxy) is 3. The van der Waals surface area contributed by atoms with E-state index in [1.807, 2.05) is 35.2 Å².